The zero-order chi connectivity index (χ0) is 29.9. The van der Waals surface area contributed by atoms with Gasteiger partial charge in [-0.3, -0.25) is 9.93 Å². The Labute approximate surface area is 246 Å². The number of carbonyl (C=O) groups is 1. The van der Waals surface area contributed by atoms with E-state index in [1.807, 2.05) is 22.7 Å². The van der Waals surface area contributed by atoms with Gasteiger partial charge in [0.1, 0.15) is 11.6 Å². The van der Waals surface area contributed by atoms with Gasteiger partial charge in [-0.2, -0.15) is 13.2 Å². The lowest BCUT2D eigenvalue weighted by atomic mass is 9.91. The van der Waals surface area contributed by atoms with E-state index in [-0.39, 0.29) is 23.6 Å². The lowest BCUT2D eigenvalue weighted by Crippen LogP contribution is -2.33. The first-order valence-electron chi connectivity index (χ1n) is 13.8. The average molecular weight is 597 g/mol. The van der Waals surface area contributed by atoms with Gasteiger partial charge in [0.15, 0.2) is 0 Å². The number of hydrogen-bond donors (Lipinski definition) is 1. The predicted octanol–water partition coefficient (Wildman–Crippen LogP) is 7.45. The van der Waals surface area contributed by atoms with Crippen molar-refractivity contribution in [2.45, 2.75) is 55.6 Å². The van der Waals surface area contributed by atoms with Gasteiger partial charge in [-0.25, -0.2) is 9.37 Å². The molecule has 5 nitrogen and oxygen atoms in total. The van der Waals surface area contributed by atoms with Gasteiger partial charge in [-0.15, -0.1) is 0 Å². The van der Waals surface area contributed by atoms with Crippen LogP contribution < -0.4 is 10.0 Å². The maximum atomic E-state index is 13.6. The maximum absolute atomic E-state index is 13.6. The topological polar surface area (TPSA) is 64.2 Å². The third kappa shape index (κ3) is 7.04. The first-order valence-corrected chi connectivity index (χ1v) is 14.7. The van der Waals surface area contributed by atoms with Gasteiger partial charge in [0.2, 0.25) is 5.91 Å². The van der Waals surface area contributed by atoms with Crippen molar-refractivity contribution in [3.05, 3.63) is 113 Å². The highest BCUT2D eigenvalue weighted by atomic mass is 32.2. The first-order chi connectivity index (χ1) is 20.1. The number of imidazole rings is 1. The fourth-order valence-electron chi connectivity index (χ4n) is 5.34. The van der Waals surface area contributed by atoms with Crippen LogP contribution in [0.4, 0.5) is 23.2 Å². The maximum Gasteiger partial charge on any atom is 0.416 e. The van der Waals surface area contributed by atoms with E-state index in [9.17, 15) is 22.4 Å². The quantitative estimate of drug-likeness (QED) is 0.186. The zero-order valence-electron chi connectivity index (χ0n) is 23.2. The molecule has 10 heteroatoms. The highest BCUT2D eigenvalue weighted by Crippen LogP contribution is 2.49. The minimum Gasteiger partial charge on any atom is -0.337 e. The van der Waals surface area contributed by atoms with Crippen molar-refractivity contribution in [2.75, 3.05) is 4.90 Å². The molecule has 0 aliphatic heterocycles. The molecular formula is C32H32F4N4OS. The molecule has 4 aromatic rings. The third-order valence-electron chi connectivity index (χ3n) is 7.85. The Morgan fingerprint density at radius 3 is 2.33 bits per heavy atom. The van der Waals surface area contributed by atoms with Crippen LogP contribution in [-0.2, 0) is 37.4 Å². The molecule has 0 radical (unpaired) electrons. The van der Waals surface area contributed by atoms with Crippen molar-refractivity contribution >= 4 is 23.5 Å². The lowest BCUT2D eigenvalue weighted by Gasteiger charge is -2.25. The summed E-state index contributed by atoms with van der Waals surface area (Å²) < 4.78 is 51.2. The Morgan fingerprint density at radius 1 is 1.02 bits per heavy atom. The number of rotatable bonds is 6. The van der Waals surface area contributed by atoms with Crippen LogP contribution in [-0.4, -0.2) is 15.5 Å². The molecule has 1 fully saturated rings. The predicted molar refractivity (Wildman–Crippen MR) is 156 cm³/mol. The van der Waals surface area contributed by atoms with E-state index in [2.05, 4.69) is 23.2 Å². The minimum atomic E-state index is -4.27. The number of anilines is 1. The summed E-state index contributed by atoms with van der Waals surface area (Å²) in [7, 11) is 1.95. The van der Waals surface area contributed by atoms with E-state index in [4.69, 9.17) is 5.14 Å². The van der Waals surface area contributed by atoms with Gasteiger partial charge in [0.05, 0.1) is 12.1 Å². The second kappa shape index (κ2) is 12.7. The Bertz CT molecular complexity index is 1520. The molecular weight excluding hydrogens is 564 g/mol. The number of aromatic nitrogens is 2. The zero-order valence-corrected chi connectivity index (χ0v) is 24.0. The van der Waals surface area contributed by atoms with Crippen molar-refractivity contribution in [3.63, 3.8) is 0 Å². The third-order valence-corrected chi connectivity index (χ3v) is 8.40. The van der Waals surface area contributed by atoms with Gasteiger partial charge in [-0.05, 0) is 115 Å². The fourth-order valence-corrected chi connectivity index (χ4v) is 5.64. The molecule has 0 spiro atoms. The molecule has 1 heterocycles. The molecule has 2 atom stereocenters. The van der Waals surface area contributed by atoms with Gasteiger partial charge >= 0.3 is 6.18 Å². The number of hydrogen-bond acceptors (Lipinski definition) is 4. The van der Waals surface area contributed by atoms with E-state index in [1.165, 1.54) is 48.2 Å². The summed E-state index contributed by atoms with van der Waals surface area (Å²) >= 11 is 0.921. The molecule has 1 saturated carbocycles. The normalized spacial score (nSPS) is 17.6. The summed E-state index contributed by atoms with van der Waals surface area (Å²) in [5.74, 6) is 0.849. The molecule has 6 rings (SSSR count). The van der Waals surface area contributed by atoms with Crippen molar-refractivity contribution < 1.29 is 22.4 Å². The summed E-state index contributed by atoms with van der Waals surface area (Å²) in [5.41, 5.74) is 4.11. The van der Waals surface area contributed by atoms with Gasteiger partial charge < -0.3 is 9.47 Å². The molecule has 0 bridgehead atoms. The van der Waals surface area contributed by atoms with Crippen LogP contribution in [0.1, 0.15) is 53.3 Å². The molecule has 1 aromatic heterocycles. The van der Waals surface area contributed by atoms with E-state index in [0.717, 1.165) is 60.4 Å². The van der Waals surface area contributed by atoms with E-state index >= 15 is 0 Å². The smallest absolute Gasteiger partial charge is 0.337 e. The molecule has 220 valence electrons. The number of nitrogens with two attached hydrogens (primary N) is 1. The van der Waals surface area contributed by atoms with Crippen molar-refractivity contribution in [1.29, 1.82) is 0 Å². The monoisotopic (exact) mass is 596 g/mol. The SMILES string of the molecule is Cn1ccnc1CN(C(=O)[C@H]1C[C@@H]1c1ccc(F)cc1)c1ccc2c(c1)CCCC2.NSc1ccc(C(F)(F)F)cc1. The molecule has 0 saturated heterocycles. The number of carbonyl (C=O) groups excluding carboxylic acids is 1. The number of alkyl halides is 3. The van der Waals surface area contributed by atoms with Crippen LogP contribution in [0.5, 0.6) is 0 Å². The van der Waals surface area contributed by atoms with Crippen LogP contribution in [0.3, 0.4) is 0 Å². The largest absolute Gasteiger partial charge is 0.416 e. The van der Waals surface area contributed by atoms with Crippen molar-refractivity contribution in [1.82, 2.24) is 9.55 Å². The van der Waals surface area contributed by atoms with Crippen LogP contribution >= 0.6 is 11.9 Å². The summed E-state index contributed by atoms with van der Waals surface area (Å²) in [6.07, 6.45) is 4.87. The summed E-state index contributed by atoms with van der Waals surface area (Å²) in [5, 5.41) is 5.14. The molecule has 42 heavy (non-hydrogen) atoms. The highest BCUT2D eigenvalue weighted by Gasteiger charge is 2.46. The summed E-state index contributed by atoms with van der Waals surface area (Å²) in [6, 6.07) is 17.7. The summed E-state index contributed by atoms with van der Waals surface area (Å²) in [4.78, 5) is 20.5. The molecule has 1 amide bonds. The van der Waals surface area contributed by atoms with Crippen LogP contribution in [0.25, 0.3) is 0 Å². The minimum absolute atomic E-state index is 0.0632. The number of aryl methyl sites for hydroxylation is 3. The summed E-state index contributed by atoms with van der Waals surface area (Å²) in [6.45, 7) is 0.452. The lowest BCUT2D eigenvalue weighted by molar-refractivity contribution is -0.137. The number of halogens is 4. The molecule has 2 aliphatic rings. The number of amides is 1. The average Bonchev–Trinajstić information content (AvgIpc) is 3.69. The number of fused-ring (bicyclic) bond motifs is 1. The Morgan fingerprint density at radius 2 is 1.71 bits per heavy atom. The molecule has 2 N–H and O–H groups in total. The van der Waals surface area contributed by atoms with E-state index in [1.54, 1.807) is 18.3 Å². The Balaban J connectivity index is 0.000000248. The Kier molecular flexibility index (Phi) is 9.03. The fraction of sp³-hybridized carbons (Fsp3) is 0.312. The first kappa shape index (κ1) is 29.8. The van der Waals surface area contributed by atoms with Gasteiger partial charge in [0.25, 0.3) is 0 Å². The standard InChI is InChI=1S/C25H26FN3O.C7H6F3NS/c1-28-13-12-27-24(28)16-29(21-11-8-17-4-2-3-5-19(17)14-21)25(30)23-15-22(23)18-6-9-20(26)10-7-18;8-7(9,10)5-1-3-6(12-11)4-2-5/h6-14,22-23H,2-5,15-16H2,1H3;1-4H,11H2/t22-,23+;/m1./s1. The number of benzene rings is 3. The molecule has 3 aromatic carbocycles. The number of nitrogens with zero attached hydrogens (tertiary/aromatic N) is 3. The van der Waals surface area contributed by atoms with Crippen molar-refractivity contribution in [3.8, 4) is 0 Å². The van der Waals surface area contributed by atoms with Crippen LogP contribution in [0.15, 0.2) is 84.0 Å². The Hall–Kier alpha value is -3.63. The highest BCUT2D eigenvalue weighted by molar-refractivity contribution is 7.97. The van der Waals surface area contributed by atoms with E-state index < -0.39 is 11.7 Å². The molecule has 0 unspecified atom stereocenters. The van der Waals surface area contributed by atoms with Gasteiger partial charge in [0, 0.05) is 35.9 Å². The van der Waals surface area contributed by atoms with Crippen LogP contribution in [0, 0.1) is 11.7 Å². The van der Waals surface area contributed by atoms with Crippen molar-refractivity contribution in [2.24, 2.45) is 18.1 Å². The molecule has 2 aliphatic carbocycles. The second-order valence-corrected chi connectivity index (χ2v) is 11.4. The van der Waals surface area contributed by atoms with Gasteiger partial charge in [-0.1, -0.05) is 18.2 Å². The van der Waals surface area contributed by atoms with E-state index in [0.29, 0.717) is 11.4 Å². The van der Waals surface area contributed by atoms with Crippen LogP contribution in [0.2, 0.25) is 0 Å². The second-order valence-electron chi connectivity index (χ2n) is 10.7.